The molecule has 0 aliphatic heterocycles. The Morgan fingerprint density at radius 1 is 1.42 bits per heavy atom. The van der Waals surface area contributed by atoms with Crippen LogP contribution in [-0.4, -0.2) is 24.2 Å². The fourth-order valence-electron chi connectivity index (χ4n) is 3.47. The van der Waals surface area contributed by atoms with Crippen molar-refractivity contribution in [2.45, 2.75) is 65.6 Å². The molecule has 4 nitrogen and oxygen atoms in total. The molecule has 3 N–H and O–H groups in total. The summed E-state index contributed by atoms with van der Waals surface area (Å²) in [6, 6.07) is 6.10. The summed E-state index contributed by atoms with van der Waals surface area (Å²) in [4.78, 5) is 12.8. The molecule has 1 aromatic carbocycles. The zero-order valence-electron chi connectivity index (χ0n) is 15.6. The summed E-state index contributed by atoms with van der Waals surface area (Å²) in [6.07, 6.45) is 0.610. The number of carbonyl (C=O) groups is 1. The van der Waals surface area contributed by atoms with Crippen molar-refractivity contribution >= 4 is 18.3 Å². The van der Waals surface area contributed by atoms with Crippen LogP contribution in [0.4, 0.5) is 0 Å². The molecule has 5 heteroatoms. The van der Waals surface area contributed by atoms with E-state index in [9.17, 15) is 4.79 Å². The second-order valence-corrected chi connectivity index (χ2v) is 7.33. The third-order valence-electron chi connectivity index (χ3n) is 5.70. The Balaban J connectivity index is 0.00000288. The van der Waals surface area contributed by atoms with E-state index in [4.69, 9.17) is 10.5 Å². The molecular formula is C19H31ClN2O2. The molecule has 1 amide bonds. The van der Waals surface area contributed by atoms with Gasteiger partial charge in [-0.25, -0.2) is 0 Å². The molecule has 0 spiro atoms. The van der Waals surface area contributed by atoms with Gasteiger partial charge in [0, 0.05) is 18.4 Å². The molecule has 2 rings (SSSR count). The highest BCUT2D eigenvalue weighted by molar-refractivity contribution is 5.89. The topological polar surface area (TPSA) is 64.3 Å². The summed E-state index contributed by atoms with van der Waals surface area (Å²) in [7, 11) is 0. The molecule has 0 bridgehead atoms. The van der Waals surface area contributed by atoms with Crippen molar-refractivity contribution in [1.82, 2.24) is 5.32 Å². The largest absolute Gasteiger partial charge is 0.378 e. The number of carbonyl (C=O) groups excluding carboxylic acids is 1. The molecule has 24 heavy (non-hydrogen) atoms. The molecule has 0 heterocycles. The van der Waals surface area contributed by atoms with E-state index >= 15 is 0 Å². The van der Waals surface area contributed by atoms with E-state index in [1.54, 1.807) is 0 Å². The van der Waals surface area contributed by atoms with Crippen LogP contribution in [0, 0.1) is 19.3 Å². The molecule has 3 atom stereocenters. The Bertz CT molecular complexity index is 603. The predicted molar refractivity (Wildman–Crippen MR) is 100 cm³/mol. The quantitative estimate of drug-likeness (QED) is 0.851. The second kappa shape index (κ2) is 7.42. The Labute approximate surface area is 151 Å². The van der Waals surface area contributed by atoms with Gasteiger partial charge in [0.2, 0.25) is 5.91 Å². The Morgan fingerprint density at radius 2 is 2.04 bits per heavy atom. The summed E-state index contributed by atoms with van der Waals surface area (Å²) in [5.74, 6) is -0.0909. The van der Waals surface area contributed by atoms with E-state index in [0.29, 0.717) is 13.0 Å². The maximum atomic E-state index is 12.8. The molecule has 1 aliphatic carbocycles. The highest BCUT2D eigenvalue weighted by atomic mass is 35.5. The number of nitrogens with one attached hydrogen (secondary N) is 1. The minimum atomic E-state index is -0.876. The van der Waals surface area contributed by atoms with E-state index in [1.165, 1.54) is 11.1 Å². The lowest BCUT2D eigenvalue weighted by Gasteiger charge is -2.57. The lowest BCUT2D eigenvalue weighted by Crippen LogP contribution is -2.75. The summed E-state index contributed by atoms with van der Waals surface area (Å²) < 4.78 is 5.70. The maximum absolute atomic E-state index is 12.8. The van der Waals surface area contributed by atoms with Crippen LogP contribution in [0.15, 0.2) is 18.2 Å². The number of hydrogen-bond acceptors (Lipinski definition) is 3. The number of aryl methyl sites for hydroxylation is 1. The van der Waals surface area contributed by atoms with E-state index < -0.39 is 5.54 Å². The highest BCUT2D eigenvalue weighted by Gasteiger charge is 2.62. The van der Waals surface area contributed by atoms with Gasteiger partial charge in [-0.2, -0.15) is 0 Å². The van der Waals surface area contributed by atoms with Crippen molar-refractivity contribution in [3.8, 4) is 0 Å². The van der Waals surface area contributed by atoms with E-state index in [2.05, 4.69) is 31.3 Å². The first-order valence-electron chi connectivity index (χ1n) is 8.42. The lowest BCUT2D eigenvalue weighted by atomic mass is 9.54. The summed E-state index contributed by atoms with van der Waals surface area (Å²) in [5, 5.41) is 3.11. The van der Waals surface area contributed by atoms with Gasteiger partial charge in [0.25, 0.3) is 0 Å². The first kappa shape index (κ1) is 20.9. The standard InChI is InChI=1S/C19H30N2O2.ClH/c1-7-23-16-11-19(20,18(16,5)6)17(22)21-14(4)15-10-8-9-12(2)13(15)3;/h8-10,14,16H,7,11,20H2,1-6H3,(H,21,22);1H. The number of nitrogens with two attached hydrogens (primary N) is 1. The molecule has 0 radical (unpaired) electrons. The fraction of sp³-hybridized carbons (Fsp3) is 0.632. The van der Waals surface area contributed by atoms with Gasteiger partial charge in [0.1, 0.15) is 5.54 Å². The van der Waals surface area contributed by atoms with Crippen LogP contribution in [0.1, 0.15) is 56.8 Å². The van der Waals surface area contributed by atoms with Crippen molar-refractivity contribution in [3.63, 3.8) is 0 Å². The van der Waals surface area contributed by atoms with Crippen LogP contribution in [0.25, 0.3) is 0 Å². The Morgan fingerprint density at radius 3 is 2.58 bits per heavy atom. The second-order valence-electron chi connectivity index (χ2n) is 7.33. The maximum Gasteiger partial charge on any atom is 0.241 e. The monoisotopic (exact) mass is 354 g/mol. The van der Waals surface area contributed by atoms with Gasteiger partial charge in [0.05, 0.1) is 12.1 Å². The number of rotatable bonds is 5. The lowest BCUT2D eigenvalue weighted by molar-refractivity contribution is -0.171. The SMILES string of the molecule is CCOC1CC(N)(C(=O)NC(C)c2cccc(C)c2C)C1(C)C.Cl. The van der Waals surface area contributed by atoms with Crippen LogP contribution >= 0.6 is 12.4 Å². The van der Waals surface area contributed by atoms with E-state index in [0.717, 1.165) is 5.56 Å². The molecule has 1 aromatic rings. The Kier molecular flexibility index (Phi) is 6.48. The zero-order chi connectivity index (χ0) is 17.4. The van der Waals surface area contributed by atoms with Crippen LogP contribution in [0.3, 0.4) is 0 Å². The van der Waals surface area contributed by atoms with Gasteiger partial charge >= 0.3 is 0 Å². The van der Waals surface area contributed by atoms with Gasteiger partial charge in [-0.1, -0.05) is 32.0 Å². The van der Waals surface area contributed by atoms with Crippen molar-refractivity contribution in [3.05, 3.63) is 34.9 Å². The molecule has 1 fully saturated rings. The third-order valence-corrected chi connectivity index (χ3v) is 5.70. The van der Waals surface area contributed by atoms with E-state index in [1.807, 2.05) is 33.8 Å². The van der Waals surface area contributed by atoms with Crippen LogP contribution < -0.4 is 11.1 Å². The first-order valence-corrected chi connectivity index (χ1v) is 8.42. The molecule has 1 saturated carbocycles. The minimum Gasteiger partial charge on any atom is -0.378 e. The normalized spacial score (nSPS) is 26.0. The number of ether oxygens (including phenoxy) is 1. The third kappa shape index (κ3) is 3.32. The van der Waals surface area contributed by atoms with Crippen LogP contribution in [0.2, 0.25) is 0 Å². The first-order chi connectivity index (χ1) is 10.6. The molecule has 3 unspecified atom stereocenters. The van der Waals surface area contributed by atoms with Crippen molar-refractivity contribution in [2.24, 2.45) is 11.1 Å². The van der Waals surface area contributed by atoms with Crippen molar-refractivity contribution in [2.75, 3.05) is 6.61 Å². The van der Waals surface area contributed by atoms with Crippen molar-refractivity contribution in [1.29, 1.82) is 0 Å². The predicted octanol–water partition coefficient (Wildman–Crippen LogP) is 3.43. The van der Waals surface area contributed by atoms with Gasteiger partial charge < -0.3 is 15.8 Å². The molecule has 1 aliphatic rings. The highest BCUT2D eigenvalue weighted by Crippen LogP contribution is 2.50. The zero-order valence-corrected chi connectivity index (χ0v) is 16.4. The molecular weight excluding hydrogens is 324 g/mol. The van der Waals surface area contributed by atoms with Gasteiger partial charge in [-0.3, -0.25) is 4.79 Å². The summed E-state index contributed by atoms with van der Waals surface area (Å²) in [5.41, 5.74) is 8.79. The molecule has 0 saturated heterocycles. The van der Waals surface area contributed by atoms with Gasteiger partial charge in [-0.05, 0) is 44.4 Å². The number of benzene rings is 1. The number of hydrogen-bond donors (Lipinski definition) is 2. The van der Waals surface area contributed by atoms with Gasteiger partial charge in [0.15, 0.2) is 0 Å². The van der Waals surface area contributed by atoms with Crippen molar-refractivity contribution < 1.29 is 9.53 Å². The van der Waals surface area contributed by atoms with Crippen LogP contribution in [0.5, 0.6) is 0 Å². The number of amides is 1. The van der Waals surface area contributed by atoms with Crippen LogP contribution in [-0.2, 0) is 9.53 Å². The fourth-order valence-corrected chi connectivity index (χ4v) is 3.47. The minimum absolute atomic E-state index is 0. The number of halogens is 1. The van der Waals surface area contributed by atoms with E-state index in [-0.39, 0.29) is 35.9 Å². The van der Waals surface area contributed by atoms with Gasteiger partial charge in [-0.15, -0.1) is 12.4 Å². The average molecular weight is 355 g/mol. The Hall–Kier alpha value is -1.10. The molecule has 136 valence electrons. The summed E-state index contributed by atoms with van der Waals surface area (Å²) in [6.45, 7) is 12.8. The average Bonchev–Trinajstić information content (AvgIpc) is 2.49. The smallest absolute Gasteiger partial charge is 0.241 e. The summed E-state index contributed by atoms with van der Waals surface area (Å²) >= 11 is 0. The molecule has 0 aromatic heterocycles.